The van der Waals surface area contributed by atoms with Crippen LogP contribution in [0.25, 0.3) is 0 Å². The summed E-state index contributed by atoms with van der Waals surface area (Å²) in [6, 6.07) is -3.81. The number of nitrogens with two attached hydrogens (primary N) is 1. The Morgan fingerprint density at radius 1 is 0.735 bits per heavy atom. The molecule has 5 atom stereocenters. The first-order valence-electron chi connectivity index (χ1n) is 11.1. The van der Waals surface area contributed by atoms with Crippen LogP contribution >= 0.6 is 0 Å². The quantitative estimate of drug-likeness (QED) is 0.143. The van der Waals surface area contributed by atoms with E-state index in [0.717, 1.165) is 0 Å². The lowest BCUT2D eigenvalue weighted by atomic mass is 9.98. The van der Waals surface area contributed by atoms with Crippen LogP contribution in [0.15, 0.2) is 0 Å². The number of carbonyl (C=O) groups is 6. The predicted octanol–water partition coefficient (Wildman–Crippen LogP) is -2.17. The Morgan fingerprint density at radius 3 is 1.62 bits per heavy atom. The van der Waals surface area contributed by atoms with Crippen LogP contribution in [0, 0.1) is 11.8 Å². The molecule has 13 heteroatoms. The van der Waals surface area contributed by atoms with E-state index in [1.807, 2.05) is 6.92 Å². The molecule has 0 heterocycles. The molecule has 0 aliphatic rings. The third-order valence-corrected chi connectivity index (χ3v) is 5.07. The molecular formula is C21H38N6O7. The van der Waals surface area contributed by atoms with Crippen molar-refractivity contribution in [2.45, 2.75) is 72.1 Å². The summed E-state index contributed by atoms with van der Waals surface area (Å²) in [6.45, 7) is 8.85. The molecule has 0 saturated carbocycles. The zero-order valence-electron chi connectivity index (χ0n) is 20.6. The third kappa shape index (κ3) is 11.1. The molecule has 0 aromatic rings. The van der Waals surface area contributed by atoms with Crippen molar-refractivity contribution in [2.24, 2.45) is 17.6 Å². The first kappa shape index (κ1) is 30.8. The van der Waals surface area contributed by atoms with Crippen molar-refractivity contribution in [3.63, 3.8) is 0 Å². The Hall–Kier alpha value is -3.22. The SMILES string of the molecule is CC[C@H](C)[C@H](NC(=O)CNC(=O)[C@@H](NC(=O)[C@H](C)N)C(C)C)C(=O)NCC(=O)N[C@@H](C)C(=O)O. The molecule has 194 valence electrons. The van der Waals surface area contributed by atoms with Crippen LogP contribution in [0.4, 0.5) is 0 Å². The van der Waals surface area contributed by atoms with Gasteiger partial charge in [-0.05, 0) is 25.7 Å². The first-order valence-corrected chi connectivity index (χ1v) is 11.1. The van der Waals surface area contributed by atoms with Crippen molar-refractivity contribution >= 4 is 35.5 Å². The fourth-order valence-corrected chi connectivity index (χ4v) is 2.66. The molecule has 0 aliphatic carbocycles. The largest absolute Gasteiger partial charge is 0.480 e. The second-order valence-electron chi connectivity index (χ2n) is 8.51. The summed E-state index contributed by atoms with van der Waals surface area (Å²) < 4.78 is 0. The van der Waals surface area contributed by atoms with Gasteiger partial charge in [0.25, 0.3) is 0 Å². The standard InChI is InChI=1S/C21H38N6O7/c1-7-11(4)17(20(32)24-8-14(28)25-13(6)21(33)34)26-15(29)9-23-19(31)16(10(2)3)27-18(30)12(5)22/h10-13,16-17H,7-9,22H2,1-6H3,(H,23,31)(H,24,32)(H,25,28)(H,26,29)(H,27,30)(H,33,34)/t11-,12-,13-,16-,17-/m0/s1. The molecule has 5 amide bonds. The van der Waals surface area contributed by atoms with Crippen molar-refractivity contribution in [1.82, 2.24) is 26.6 Å². The number of nitrogens with one attached hydrogen (secondary N) is 5. The number of hydrogen-bond donors (Lipinski definition) is 7. The highest BCUT2D eigenvalue weighted by Crippen LogP contribution is 2.08. The van der Waals surface area contributed by atoms with Crippen LogP contribution in [0.1, 0.15) is 48.0 Å². The van der Waals surface area contributed by atoms with Crippen LogP contribution in [0.5, 0.6) is 0 Å². The van der Waals surface area contributed by atoms with E-state index < -0.39 is 72.8 Å². The molecule has 8 N–H and O–H groups in total. The molecule has 0 rings (SSSR count). The van der Waals surface area contributed by atoms with Crippen molar-refractivity contribution in [1.29, 1.82) is 0 Å². The smallest absolute Gasteiger partial charge is 0.325 e. The van der Waals surface area contributed by atoms with E-state index in [2.05, 4.69) is 26.6 Å². The summed E-state index contributed by atoms with van der Waals surface area (Å²) in [6.07, 6.45) is 0.533. The van der Waals surface area contributed by atoms with Crippen LogP contribution in [-0.2, 0) is 28.8 Å². The minimum Gasteiger partial charge on any atom is -0.480 e. The van der Waals surface area contributed by atoms with Gasteiger partial charge >= 0.3 is 5.97 Å². The van der Waals surface area contributed by atoms with Gasteiger partial charge in [-0.25, -0.2) is 0 Å². The maximum Gasteiger partial charge on any atom is 0.325 e. The molecule has 0 aliphatic heterocycles. The number of amides is 5. The van der Waals surface area contributed by atoms with Crippen molar-refractivity contribution in [2.75, 3.05) is 13.1 Å². The zero-order valence-corrected chi connectivity index (χ0v) is 20.6. The van der Waals surface area contributed by atoms with E-state index in [4.69, 9.17) is 10.8 Å². The van der Waals surface area contributed by atoms with E-state index >= 15 is 0 Å². The lowest BCUT2D eigenvalue weighted by Gasteiger charge is -2.25. The van der Waals surface area contributed by atoms with Crippen LogP contribution < -0.4 is 32.3 Å². The third-order valence-electron chi connectivity index (χ3n) is 5.07. The number of hydrogen-bond acceptors (Lipinski definition) is 7. The van der Waals surface area contributed by atoms with Gasteiger partial charge in [-0.1, -0.05) is 34.1 Å². The van der Waals surface area contributed by atoms with E-state index in [-0.39, 0.29) is 11.8 Å². The van der Waals surface area contributed by atoms with Gasteiger partial charge in [-0.15, -0.1) is 0 Å². The minimum absolute atomic E-state index is 0.264. The Labute approximate surface area is 199 Å². The molecule has 0 aromatic heterocycles. The van der Waals surface area contributed by atoms with Gasteiger partial charge in [0.2, 0.25) is 29.5 Å². The highest BCUT2D eigenvalue weighted by atomic mass is 16.4. The monoisotopic (exact) mass is 486 g/mol. The first-order chi connectivity index (χ1) is 15.7. The minimum atomic E-state index is -1.22. The van der Waals surface area contributed by atoms with Gasteiger partial charge in [0, 0.05) is 0 Å². The van der Waals surface area contributed by atoms with Crippen molar-refractivity contribution < 1.29 is 33.9 Å². The summed E-state index contributed by atoms with van der Waals surface area (Å²) in [4.78, 5) is 71.8. The summed E-state index contributed by atoms with van der Waals surface area (Å²) >= 11 is 0. The van der Waals surface area contributed by atoms with E-state index in [1.54, 1.807) is 20.8 Å². The average molecular weight is 487 g/mol. The van der Waals surface area contributed by atoms with Crippen LogP contribution in [0.3, 0.4) is 0 Å². The number of rotatable bonds is 14. The normalized spacial score (nSPS) is 15.2. The molecule has 34 heavy (non-hydrogen) atoms. The van der Waals surface area contributed by atoms with Gasteiger partial charge < -0.3 is 37.4 Å². The van der Waals surface area contributed by atoms with E-state index in [9.17, 15) is 28.8 Å². The van der Waals surface area contributed by atoms with E-state index in [1.165, 1.54) is 13.8 Å². The number of aliphatic carboxylic acids is 1. The highest BCUT2D eigenvalue weighted by Gasteiger charge is 2.28. The lowest BCUT2D eigenvalue weighted by molar-refractivity contribution is -0.141. The van der Waals surface area contributed by atoms with Gasteiger partial charge in [-0.2, -0.15) is 0 Å². The Bertz CT molecular complexity index is 756. The Balaban J connectivity index is 4.95. The maximum atomic E-state index is 12.6. The number of carboxylic acid groups (broad SMARTS) is 1. The van der Waals surface area contributed by atoms with Crippen LogP contribution in [-0.4, -0.2) is 77.9 Å². The summed E-state index contributed by atoms with van der Waals surface area (Å²) in [5.74, 6) is -4.83. The Kier molecular flexibility index (Phi) is 13.4. The summed E-state index contributed by atoms with van der Waals surface area (Å²) in [7, 11) is 0. The molecule has 0 aromatic carbocycles. The zero-order chi connectivity index (χ0) is 26.6. The molecule has 0 bridgehead atoms. The molecule has 0 unspecified atom stereocenters. The van der Waals surface area contributed by atoms with Gasteiger partial charge in [0.05, 0.1) is 19.1 Å². The van der Waals surface area contributed by atoms with Crippen molar-refractivity contribution in [3.8, 4) is 0 Å². The second-order valence-corrected chi connectivity index (χ2v) is 8.51. The van der Waals surface area contributed by atoms with E-state index in [0.29, 0.717) is 6.42 Å². The molecular weight excluding hydrogens is 448 g/mol. The second kappa shape index (κ2) is 14.8. The molecule has 0 spiro atoms. The predicted molar refractivity (Wildman–Crippen MR) is 123 cm³/mol. The fraction of sp³-hybridized carbons (Fsp3) is 0.714. The molecule has 0 fully saturated rings. The number of carbonyl (C=O) groups excluding carboxylic acids is 5. The van der Waals surface area contributed by atoms with Gasteiger partial charge in [-0.3, -0.25) is 28.8 Å². The Morgan fingerprint density at radius 2 is 1.21 bits per heavy atom. The molecule has 0 saturated heterocycles. The molecule has 0 radical (unpaired) electrons. The molecule has 13 nitrogen and oxygen atoms in total. The summed E-state index contributed by atoms with van der Waals surface area (Å²) in [5.41, 5.74) is 5.51. The topological polar surface area (TPSA) is 209 Å². The fourth-order valence-electron chi connectivity index (χ4n) is 2.66. The average Bonchev–Trinajstić information content (AvgIpc) is 2.76. The van der Waals surface area contributed by atoms with Crippen molar-refractivity contribution in [3.05, 3.63) is 0 Å². The van der Waals surface area contributed by atoms with Gasteiger partial charge in [0.1, 0.15) is 18.1 Å². The summed E-state index contributed by atoms with van der Waals surface area (Å²) in [5, 5.41) is 20.9. The van der Waals surface area contributed by atoms with Crippen LogP contribution in [0.2, 0.25) is 0 Å². The van der Waals surface area contributed by atoms with Gasteiger partial charge in [0.15, 0.2) is 0 Å². The lowest BCUT2D eigenvalue weighted by Crippen LogP contribution is -2.56. The highest BCUT2D eigenvalue weighted by molar-refractivity contribution is 5.94. The maximum absolute atomic E-state index is 12.6. The number of carboxylic acids is 1.